The van der Waals surface area contributed by atoms with E-state index in [2.05, 4.69) is 15.6 Å². The normalized spacial score (nSPS) is 10.6. The number of carbonyl (C=O) groups excluding carboxylic acids is 2. The molecule has 0 saturated heterocycles. The van der Waals surface area contributed by atoms with Crippen molar-refractivity contribution in [1.82, 2.24) is 14.9 Å². The number of para-hydroxylation sites is 1. The second-order valence-electron chi connectivity index (χ2n) is 6.17. The van der Waals surface area contributed by atoms with E-state index in [0.717, 1.165) is 5.56 Å². The molecule has 0 atom stereocenters. The zero-order valence-corrected chi connectivity index (χ0v) is 14.9. The Morgan fingerprint density at radius 2 is 1.81 bits per heavy atom. The molecule has 7 nitrogen and oxygen atoms in total. The van der Waals surface area contributed by atoms with Crippen molar-refractivity contribution < 1.29 is 9.59 Å². The molecule has 2 N–H and O–H groups in total. The van der Waals surface area contributed by atoms with Gasteiger partial charge in [0.25, 0.3) is 5.56 Å². The molecule has 0 aliphatic carbocycles. The van der Waals surface area contributed by atoms with Gasteiger partial charge in [0.05, 0.1) is 17.2 Å². The van der Waals surface area contributed by atoms with E-state index in [1.54, 1.807) is 30.3 Å². The Balaban J connectivity index is 1.53. The summed E-state index contributed by atoms with van der Waals surface area (Å²) < 4.78 is 1.45. The minimum absolute atomic E-state index is 0.130. The number of fused-ring (bicyclic) bond motifs is 1. The van der Waals surface area contributed by atoms with Gasteiger partial charge < -0.3 is 10.6 Å². The van der Waals surface area contributed by atoms with Crippen molar-refractivity contribution in [3.8, 4) is 0 Å². The number of nitrogens with one attached hydrogen (secondary N) is 2. The highest BCUT2D eigenvalue weighted by atomic mass is 16.2. The topological polar surface area (TPSA) is 93.1 Å². The molecule has 0 saturated carbocycles. The van der Waals surface area contributed by atoms with Gasteiger partial charge in [0.1, 0.15) is 0 Å². The fraction of sp³-hybridized carbons (Fsp3) is 0.200. The molecular formula is C20H20N4O3. The number of carbonyl (C=O) groups is 2. The number of rotatable bonds is 6. The van der Waals surface area contributed by atoms with Crippen LogP contribution in [-0.2, 0) is 22.7 Å². The van der Waals surface area contributed by atoms with E-state index < -0.39 is 0 Å². The quantitative estimate of drug-likeness (QED) is 0.700. The highest BCUT2D eigenvalue weighted by Gasteiger charge is 2.06. The number of aromatic nitrogens is 2. The lowest BCUT2D eigenvalue weighted by molar-refractivity contribution is -0.121. The molecule has 0 radical (unpaired) electrons. The van der Waals surface area contributed by atoms with Gasteiger partial charge in [-0.1, -0.05) is 24.3 Å². The smallest absolute Gasteiger partial charge is 0.261 e. The van der Waals surface area contributed by atoms with Crippen LogP contribution < -0.4 is 16.2 Å². The van der Waals surface area contributed by atoms with Gasteiger partial charge in [0, 0.05) is 32.1 Å². The van der Waals surface area contributed by atoms with E-state index in [1.807, 2.05) is 18.2 Å². The fourth-order valence-corrected chi connectivity index (χ4v) is 2.69. The summed E-state index contributed by atoms with van der Waals surface area (Å²) in [5, 5.41) is 6.05. The molecule has 3 rings (SSSR count). The largest absolute Gasteiger partial charge is 0.352 e. The summed E-state index contributed by atoms with van der Waals surface area (Å²) in [5.74, 6) is -0.282. The zero-order chi connectivity index (χ0) is 19.2. The molecule has 138 valence electrons. The Morgan fingerprint density at radius 1 is 1.07 bits per heavy atom. The average molecular weight is 364 g/mol. The van der Waals surface area contributed by atoms with Crippen LogP contribution in [0.3, 0.4) is 0 Å². The number of nitrogens with zero attached hydrogens (tertiary/aromatic N) is 2. The van der Waals surface area contributed by atoms with E-state index in [1.165, 1.54) is 17.8 Å². The Labute approximate surface area is 156 Å². The first-order valence-corrected chi connectivity index (χ1v) is 8.60. The third kappa shape index (κ3) is 4.78. The van der Waals surface area contributed by atoms with Crippen molar-refractivity contribution in [2.75, 3.05) is 5.32 Å². The molecule has 3 aromatic rings. The number of anilines is 1. The number of amides is 2. The van der Waals surface area contributed by atoms with Crippen molar-refractivity contribution in [1.29, 1.82) is 0 Å². The molecule has 27 heavy (non-hydrogen) atoms. The van der Waals surface area contributed by atoms with Gasteiger partial charge in [0.15, 0.2) is 0 Å². The maximum atomic E-state index is 12.4. The molecule has 2 amide bonds. The monoisotopic (exact) mass is 364 g/mol. The Hall–Kier alpha value is -3.48. The van der Waals surface area contributed by atoms with Crippen LogP contribution in [0.2, 0.25) is 0 Å². The Morgan fingerprint density at radius 3 is 2.56 bits per heavy atom. The van der Waals surface area contributed by atoms with E-state index in [-0.39, 0.29) is 30.3 Å². The van der Waals surface area contributed by atoms with E-state index in [4.69, 9.17) is 0 Å². The SMILES string of the molecule is CC(=O)Nc1ccc(CNC(=O)CCn2cnc3ccccc3c2=O)cc1. The zero-order valence-electron chi connectivity index (χ0n) is 14.9. The maximum absolute atomic E-state index is 12.4. The van der Waals surface area contributed by atoms with Gasteiger partial charge >= 0.3 is 0 Å². The molecule has 7 heteroatoms. The summed E-state index contributed by atoms with van der Waals surface area (Å²) in [7, 11) is 0. The van der Waals surface area contributed by atoms with E-state index in [9.17, 15) is 14.4 Å². The van der Waals surface area contributed by atoms with Crippen LogP contribution in [-0.4, -0.2) is 21.4 Å². The lowest BCUT2D eigenvalue weighted by Gasteiger charge is -2.08. The second-order valence-corrected chi connectivity index (χ2v) is 6.17. The van der Waals surface area contributed by atoms with Crippen molar-refractivity contribution in [2.24, 2.45) is 0 Å². The maximum Gasteiger partial charge on any atom is 0.261 e. The van der Waals surface area contributed by atoms with Gasteiger partial charge in [-0.2, -0.15) is 0 Å². The summed E-state index contributed by atoms with van der Waals surface area (Å²) in [6.45, 7) is 2.10. The molecule has 2 aromatic carbocycles. The van der Waals surface area contributed by atoms with Crippen molar-refractivity contribution in [3.63, 3.8) is 0 Å². The highest BCUT2D eigenvalue weighted by molar-refractivity contribution is 5.88. The van der Waals surface area contributed by atoms with E-state index in [0.29, 0.717) is 23.1 Å². The molecule has 0 bridgehead atoms. The van der Waals surface area contributed by atoms with Crippen LogP contribution in [0.25, 0.3) is 10.9 Å². The van der Waals surface area contributed by atoms with Crippen LogP contribution in [0.4, 0.5) is 5.69 Å². The molecule has 1 heterocycles. The first-order valence-electron chi connectivity index (χ1n) is 8.60. The molecule has 1 aromatic heterocycles. The third-order valence-electron chi connectivity index (χ3n) is 4.08. The summed E-state index contributed by atoms with van der Waals surface area (Å²) in [4.78, 5) is 39.7. The minimum Gasteiger partial charge on any atom is -0.352 e. The predicted octanol–water partition coefficient (Wildman–Crippen LogP) is 2.06. The predicted molar refractivity (Wildman–Crippen MR) is 103 cm³/mol. The molecule has 0 spiro atoms. The van der Waals surface area contributed by atoms with Crippen LogP contribution in [0.5, 0.6) is 0 Å². The number of benzene rings is 2. The molecule has 0 fully saturated rings. The van der Waals surface area contributed by atoms with Crippen molar-refractivity contribution >= 4 is 28.4 Å². The minimum atomic E-state index is -0.152. The van der Waals surface area contributed by atoms with Crippen molar-refractivity contribution in [3.05, 3.63) is 70.8 Å². The molecular weight excluding hydrogens is 344 g/mol. The van der Waals surface area contributed by atoms with Crippen LogP contribution in [0.15, 0.2) is 59.7 Å². The summed E-state index contributed by atoms with van der Waals surface area (Å²) in [5.41, 5.74) is 2.12. The van der Waals surface area contributed by atoms with Gasteiger partial charge in [0.2, 0.25) is 11.8 Å². The molecule has 0 unspecified atom stereocenters. The third-order valence-corrected chi connectivity index (χ3v) is 4.08. The van der Waals surface area contributed by atoms with Gasteiger partial charge in [-0.05, 0) is 29.8 Å². The standard InChI is InChI=1S/C20H20N4O3/c1-14(25)23-16-8-6-15(7-9-16)12-21-19(26)10-11-24-13-22-18-5-3-2-4-17(18)20(24)27/h2-9,13H,10-12H2,1H3,(H,21,26)(H,23,25). The van der Waals surface area contributed by atoms with Crippen LogP contribution >= 0.6 is 0 Å². The summed E-state index contributed by atoms with van der Waals surface area (Å²) in [6, 6.07) is 14.4. The highest BCUT2D eigenvalue weighted by Crippen LogP contribution is 2.09. The van der Waals surface area contributed by atoms with E-state index >= 15 is 0 Å². The number of aryl methyl sites for hydroxylation is 1. The lowest BCUT2D eigenvalue weighted by atomic mass is 10.2. The first kappa shape index (κ1) is 18.3. The van der Waals surface area contributed by atoms with Crippen molar-refractivity contribution in [2.45, 2.75) is 26.4 Å². The Kier molecular flexibility index (Phi) is 5.61. The average Bonchev–Trinajstić information content (AvgIpc) is 2.67. The molecule has 0 aliphatic rings. The van der Waals surface area contributed by atoms with Gasteiger partial charge in [-0.15, -0.1) is 0 Å². The lowest BCUT2D eigenvalue weighted by Crippen LogP contribution is -2.27. The summed E-state index contributed by atoms with van der Waals surface area (Å²) in [6.07, 6.45) is 1.66. The second kappa shape index (κ2) is 8.27. The first-order chi connectivity index (χ1) is 13.0. The van der Waals surface area contributed by atoms with Crippen LogP contribution in [0.1, 0.15) is 18.9 Å². The van der Waals surface area contributed by atoms with Gasteiger partial charge in [-0.3, -0.25) is 19.0 Å². The fourth-order valence-electron chi connectivity index (χ4n) is 2.69. The number of hydrogen-bond acceptors (Lipinski definition) is 4. The molecule has 0 aliphatic heterocycles. The van der Waals surface area contributed by atoms with Crippen LogP contribution in [0, 0.1) is 0 Å². The number of hydrogen-bond donors (Lipinski definition) is 2. The Bertz CT molecular complexity index is 1030. The summed E-state index contributed by atoms with van der Waals surface area (Å²) >= 11 is 0. The van der Waals surface area contributed by atoms with Gasteiger partial charge in [-0.25, -0.2) is 4.98 Å².